The fourth-order valence-electron chi connectivity index (χ4n) is 6.14. The highest BCUT2D eigenvalue weighted by atomic mass is 32.1. The summed E-state index contributed by atoms with van der Waals surface area (Å²) < 4.78 is 2.55. The van der Waals surface area contributed by atoms with Crippen molar-refractivity contribution in [2.45, 2.75) is 77.4 Å². The van der Waals surface area contributed by atoms with Crippen LogP contribution in [0.1, 0.15) is 84.9 Å². The van der Waals surface area contributed by atoms with Gasteiger partial charge in [-0.05, 0) is 81.2 Å². The standard InChI is InChI=1S/C30H37N5OS/c1-20-11-7-8-14-25(20)32-27(36)16-18-34-29(28(33-30(34)37)26-15-9-10-17-31-26)24-19-21(2)35(22(24)3)23-12-5-4-6-13-23/h7-11,14-15,17,19,23,28-29H,4-6,12-13,16,18H2,1-3H3,(H,32,36)(H,33,37). The molecule has 1 aromatic carbocycles. The molecule has 1 aliphatic carbocycles. The predicted octanol–water partition coefficient (Wildman–Crippen LogP) is 6.31. The van der Waals surface area contributed by atoms with Crippen LogP contribution in [0.3, 0.4) is 0 Å². The van der Waals surface area contributed by atoms with E-state index in [1.54, 1.807) is 0 Å². The zero-order valence-electron chi connectivity index (χ0n) is 22.0. The van der Waals surface area contributed by atoms with Gasteiger partial charge >= 0.3 is 0 Å². The molecule has 2 aromatic heterocycles. The van der Waals surface area contributed by atoms with Crippen LogP contribution >= 0.6 is 12.2 Å². The fraction of sp³-hybridized carbons (Fsp3) is 0.433. The molecule has 3 aromatic rings. The van der Waals surface area contributed by atoms with Crippen molar-refractivity contribution in [1.29, 1.82) is 0 Å². The minimum Gasteiger partial charge on any atom is -0.352 e. The molecule has 7 heteroatoms. The van der Waals surface area contributed by atoms with E-state index < -0.39 is 0 Å². The van der Waals surface area contributed by atoms with Crippen LogP contribution in [0.15, 0.2) is 54.7 Å². The number of aryl methyl sites for hydroxylation is 2. The number of nitrogens with zero attached hydrogens (tertiary/aromatic N) is 3. The van der Waals surface area contributed by atoms with Gasteiger partial charge in [0.2, 0.25) is 5.91 Å². The summed E-state index contributed by atoms with van der Waals surface area (Å²) in [6, 6.07) is 16.7. The number of carbonyl (C=O) groups is 1. The van der Waals surface area contributed by atoms with Crippen molar-refractivity contribution in [1.82, 2.24) is 19.8 Å². The molecule has 0 radical (unpaired) electrons. The summed E-state index contributed by atoms with van der Waals surface area (Å²) in [5.74, 6) is -0.00943. The number of aromatic nitrogens is 2. The zero-order chi connectivity index (χ0) is 25.9. The highest BCUT2D eigenvalue weighted by Gasteiger charge is 2.41. The van der Waals surface area contributed by atoms with Crippen LogP contribution in [0.5, 0.6) is 0 Å². The second-order valence-corrected chi connectivity index (χ2v) is 10.8. The largest absolute Gasteiger partial charge is 0.352 e. The lowest BCUT2D eigenvalue weighted by atomic mass is 9.94. The van der Waals surface area contributed by atoms with E-state index in [9.17, 15) is 4.79 Å². The van der Waals surface area contributed by atoms with Crippen LogP contribution in [-0.4, -0.2) is 32.0 Å². The SMILES string of the molecule is Cc1ccccc1NC(=O)CCN1C(=S)NC(c2ccccn2)C1c1cc(C)n(C2CCCCC2)c1C. The topological polar surface area (TPSA) is 62.2 Å². The number of hydrogen-bond donors (Lipinski definition) is 2. The Kier molecular flexibility index (Phi) is 7.60. The van der Waals surface area contributed by atoms with E-state index in [1.807, 2.05) is 49.5 Å². The first-order valence-corrected chi connectivity index (χ1v) is 13.9. The molecule has 2 unspecified atom stereocenters. The maximum absolute atomic E-state index is 12.9. The smallest absolute Gasteiger partial charge is 0.226 e. The van der Waals surface area contributed by atoms with E-state index in [4.69, 9.17) is 12.2 Å². The number of hydrogen-bond acceptors (Lipinski definition) is 3. The molecular weight excluding hydrogens is 478 g/mol. The van der Waals surface area contributed by atoms with Crippen molar-refractivity contribution < 1.29 is 4.79 Å². The summed E-state index contributed by atoms with van der Waals surface area (Å²) in [4.78, 5) is 19.8. The molecule has 3 heterocycles. The Hall–Kier alpha value is -3.19. The van der Waals surface area contributed by atoms with Crippen LogP contribution in [0.2, 0.25) is 0 Å². The Bertz CT molecular complexity index is 1260. The maximum Gasteiger partial charge on any atom is 0.226 e. The normalized spacial score (nSPS) is 20.2. The molecule has 1 amide bonds. The van der Waals surface area contributed by atoms with Gasteiger partial charge in [0.25, 0.3) is 0 Å². The summed E-state index contributed by atoms with van der Waals surface area (Å²) in [6.45, 7) is 7.01. The third kappa shape index (κ3) is 5.28. The third-order valence-corrected chi connectivity index (χ3v) is 8.33. The average Bonchev–Trinajstić information content (AvgIpc) is 3.39. The van der Waals surface area contributed by atoms with Crippen molar-refractivity contribution >= 4 is 28.9 Å². The monoisotopic (exact) mass is 515 g/mol. The number of benzene rings is 1. The lowest BCUT2D eigenvalue weighted by Crippen LogP contribution is -2.33. The van der Waals surface area contributed by atoms with Gasteiger partial charge in [-0.2, -0.15) is 0 Å². The average molecular weight is 516 g/mol. The second kappa shape index (κ2) is 11.1. The van der Waals surface area contributed by atoms with Gasteiger partial charge < -0.3 is 20.1 Å². The Morgan fingerprint density at radius 3 is 2.57 bits per heavy atom. The quantitative estimate of drug-likeness (QED) is 0.361. The van der Waals surface area contributed by atoms with E-state index in [-0.39, 0.29) is 18.0 Å². The van der Waals surface area contributed by atoms with E-state index in [0.29, 0.717) is 24.1 Å². The van der Waals surface area contributed by atoms with E-state index in [1.165, 1.54) is 49.1 Å². The third-order valence-electron chi connectivity index (χ3n) is 7.98. The summed E-state index contributed by atoms with van der Waals surface area (Å²) >= 11 is 5.85. The molecule has 0 spiro atoms. The van der Waals surface area contributed by atoms with Crippen LogP contribution in [-0.2, 0) is 4.79 Å². The first kappa shape index (κ1) is 25.5. The number of carbonyl (C=O) groups excluding carboxylic acids is 1. The molecule has 37 heavy (non-hydrogen) atoms. The number of amides is 1. The molecule has 194 valence electrons. The van der Waals surface area contributed by atoms with E-state index in [0.717, 1.165) is 16.9 Å². The minimum atomic E-state index is -0.0755. The van der Waals surface area contributed by atoms with Crippen molar-refractivity contribution in [2.75, 3.05) is 11.9 Å². The number of thiocarbonyl (C=S) groups is 1. The van der Waals surface area contributed by atoms with Gasteiger partial charge in [0.15, 0.2) is 5.11 Å². The molecule has 0 bridgehead atoms. The van der Waals surface area contributed by atoms with Gasteiger partial charge in [0.05, 0.1) is 17.8 Å². The van der Waals surface area contributed by atoms with Crippen molar-refractivity contribution in [3.8, 4) is 0 Å². The van der Waals surface area contributed by atoms with Gasteiger partial charge in [-0.25, -0.2) is 0 Å². The zero-order valence-corrected chi connectivity index (χ0v) is 22.9. The predicted molar refractivity (Wildman–Crippen MR) is 153 cm³/mol. The van der Waals surface area contributed by atoms with Gasteiger partial charge in [-0.3, -0.25) is 9.78 Å². The van der Waals surface area contributed by atoms with Crippen molar-refractivity contribution in [2.24, 2.45) is 0 Å². The highest BCUT2D eigenvalue weighted by Crippen LogP contribution is 2.42. The second-order valence-electron chi connectivity index (χ2n) is 10.4. The molecule has 6 nitrogen and oxygen atoms in total. The lowest BCUT2D eigenvalue weighted by molar-refractivity contribution is -0.116. The highest BCUT2D eigenvalue weighted by molar-refractivity contribution is 7.80. The van der Waals surface area contributed by atoms with Gasteiger partial charge in [0.1, 0.15) is 0 Å². The summed E-state index contributed by atoms with van der Waals surface area (Å²) in [7, 11) is 0. The number of nitrogens with one attached hydrogen (secondary N) is 2. The van der Waals surface area contributed by atoms with Crippen LogP contribution in [0.25, 0.3) is 0 Å². The molecule has 2 N–H and O–H groups in total. The summed E-state index contributed by atoms with van der Waals surface area (Å²) in [5.41, 5.74) is 6.74. The Balaban J connectivity index is 1.43. The minimum absolute atomic E-state index is 0.00943. The molecular formula is C30H37N5OS. The molecule has 1 aliphatic heterocycles. The molecule has 5 rings (SSSR count). The van der Waals surface area contributed by atoms with Gasteiger partial charge in [0, 0.05) is 42.3 Å². The molecule has 1 saturated heterocycles. The van der Waals surface area contributed by atoms with Gasteiger partial charge in [-0.1, -0.05) is 43.5 Å². The molecule has 2 fully saturated rings. The summed E-state index contributed by atoms with van der Waals surface area (Å²) in [5, 5.41) is 7.28. The van der Waals surface area contributed by atoms with Gasteiger partial charge in [-0.15, -0.1) is 0 Å². The van der Waals surface area contributed by atoms with E-state index in [2.05, 4.69) is 51.1 Å². The first-order valence-electron chi connectivity index (χ1n) is 13.5. The Morgan fingerprint density at radius 1 is 1.08 bits per heavy atom. The first-order chi connectivity index (χ1) is 17.9. The Morgan fingerprint density at radius 2 is 1.84 bits per heavy atom. The fourth-order valence-corrected chi connectivity index (χ4v) is 6.47. The van der Waals surface area contributed by atoms with Crippen molar-refractivity contribution in [3.05, 3.63) is 82.9 Å². The van der Waals surface area contributed by atoms with Crippen LogP contribution in [0.4, 0.5) is 5.69 Å². The van der Waals surface area contributed by atoms with Crippen molar-refractivity contribution in [3.63, 3.8) is 0 Å². The Labute approximate surface area is 225 Å². The number of para-hydroxylation sites is 1. The number of rotatable bonds is 7. The van der Waals surface area contributed by atoms with Crippen LogP contribution in [0, 0.1) is 20.8 Å². The number of anilines is 1. The number of pyridine rings is 1. The molecule has 2 atom stereocenters. The van der Waals surface area contributed by atoms with Crippen LogP contribution < -0.4 is 10.6 Å². The molecule has 1 saturated carbocycles. The maximum atomic E-state index is 12.9. The molecule has 2 aliphatic rings. The lowest BCUT2D eigenvalue weighted by Gasteiger charge is -2.29. The summed E-state index contributed by atoms with van der Waals surface area (Å²) in [6.07, 6.45) is 8.59. The van der Waals surface area contributed by atoms with E-state index >= 15 is 0 Å².